The zero-order chi connectivity index (χ0) is 13.3. The van der Waals surface area contributed by atoms with Gasteiger partial charge in [0.05, 0.1) is 18.1 Å². The molecule has 3 nitrogen and oxygen atoms in total. The molecule has 0 aliphatic carbocycles. The number of hydrogen-bond acceptors (Lipinski definition) is 2. The molecular formula is C14H13ClO3. The number of hydrogen-bond donors (Lipinski definition) is 1. The molecule has 1 N–H and O–H groups in total. The van der Waals surface area contributed by atoms with Crippen LogP contribution in [0.15, 0.2) is 30.3 Å². The maximum atomic E-state index is 11.0. The second-order valence-corrected chi connectivity index (χ2v) is 4.56. The van der Waals surface area contributed by atoms with Gasteiger partial charge in [-0.05, 0) is 35.4 Å². The third kappa shape index (κ3) is 2.27. The summed E-state index contributed by atoms with van der Waals surface area (Å²) in [5, 5.41) is 11.4. The van der Waals surface area contributed by atoms with Crippen LogP contribution in [0.3, 0.4) is 0 Å². The Morgan fingerprint density at radius 1 is 1.28 bits per heavy atom. The van der Waals surface area contributed by atoms with Crippen molar-refractivity contribution < 1.29 is 14.6 Å². The van der Waals surface area contributed by atoms with Crippen molar-refractivity contribution >= 4 is 28.3 Å². The summed E-state index contributed by atoms with van der Waals surface area (Å²) in [5.41, 5.74) is 0.760. The summed E-state index contributed by atoms with van der Waals surface area (Å²) in [7, 11) is 1.56. The molecule has 0 heterocycles. The SMILES string of the molecule is COc1cc2ccc([C@H](C)C(=O)O)cc2cc1Cl. The summed E-state index contributed by atoms with van der Waals surface area (Å²) in [6.07, 6.45) is 0. The molecule has 0 fully saturated rings. The number of fused-ring (bicyclic) bond motifs is 1. The average Bonchev–Trinajstić information content (AvgIpc) is 2.36. The van der Waals surface area contributed by atoms with Crippen molar-refractivity contribution in [2.45, 2.75) is 12.8 Å². The van der Waals surface area contributed by atoms with Gasteiger partial charge in [0, 0.05) is 0 Å². The summed E-state index contributed by atoms with van der Waals surface area (Å²) in [6.45, 7) is 1.66. The molecule has 0 amide bonds. The van der Waals surface area contributed by atoms with E-state index in [1.807, 2.05) is 24.3 Å². The van der Waals surface area contributed by atoms with E-state index in [0.717, 1.165) is 16.3 Å². The second kappa shape index (κ2) is 4.86. The van der Waals surface area contributed by atoms with Crippen molar-refractivity contribution in [3.63, 3.8) is 0 Å². The zero-order valence-corrected chi connectivity index (χ0v) is 10.9. The van der Waals surface area contributed by atoms with Crippen molar-refractivity contribution in [3.05, 3.63) is 40.9 Å². The van der Waals surface area contributed by atoms with E-state index in [1.165, 1.54) is 0 Å². The number of ether oxygens (including phenoxy) is 1. The molecule has 0 aliphatic heterocycles. The molecule has 0 saturated carbocycles. The van der Waals surface area contributed by atoms with Gasteiger partial charge in [0.15, 0.2) is 0 Å². The first kappa shape index (κ1) is 12.7. The molecule has 94 valence electrons. The van der Waals surface area contributed by atoms with Crippen LogP contribution >= 0.6 is 11.6 Å². The molecule has 2 aromatic carbocycles. The van der Waals surface area contributed by atoms with Crippen molar-refractivity contribution in [3.8, 4) is 5.75 Å². The molecule has 18 heavy (non-hydrogen) atoms. The molecule has 0 aliphatic rings. The number of benzene rings is 2. The van der Waals surface area contributed by atoms with Crippen LogP contribution in [0.5, 0.6) is 5.75 Å². The highest BCUT2D eigenvalue weighted by Crippen LogP contribution is 2.31. The summed E-state index contributed by atoms with van der Waals surface area (Å²) in [6, 6.07) is 9.16. The Morgan fingerprint density at radius 3 is 2.61 bits per heavy atom. The van der Waals surface area contributed by atoms with E-state index in [2.05, 4.69) is 0 Å². The summed E-state index contributed by atoms with van der Waals surface area (Å²) in [4.78, 5) is 11.0. The number of halogens is 1. The molecule has 0 saturated heterocycles. The van der Waals surface area contributed by atoms with Gasteiger partial charge >= 0.3 is 5.97 Å². The van der Waals surface area contributed by atoms with Crippen LogP contribution in [0.1, 0.15) is 18.4 Å². The van der Waals surface area contributed by atoms with Crippen LogP contribution < -0.4 is 4.74 Å². The van der Waals surface area contributed by atoms with Gasteiger partial charge in [-0.2, -0.15) is 0 Å². The summed E-state index contributed by atoms with van der Waals surface area (Å²) in [5.74, 6) is -0.757. The number of methoxy groups -OCH3 is 1. The Kier molecular flexibility index (Phi) is 3.43. The lowest BCUT2D eigenvalue weighted by molar-refractivity contribution is -0.138. The Hall–Kier alpha value is -1.74. The van der Waals surface area contributed by atoms with E-state index in [9.17, 15) is 4.79 Å². The van der Waals surface area contributed by atoms with E-state index >= 15 is 0 Å². The minimum absolute atomic E-state index is 0.519. The van der Waals surface area contributed by atoms with Crippen LogP contribution in [-0.4, -0.2) is 18.2 Å². The van der Waals surface area contributed by atoms with Gasteiger partial charge in [-0.3, -0.25) is 4.79 Å². The molecule has 0 bridgehead atoms. The standard InChI is InChI=1S/C14H13ClO3/c1-8(14(16)17)9-3-4-10-7-13(18-2)12(15)6-11(10)5-9/h3-8H,1-2H3,(H,16,17)/t8-/m0/s1. The van der Waals surface area contributed by atoms with Gasteiger partial charge in [-0.1, -0.05) is 29.8 Å². The molecule has 1 atom stereocenters. The highest BCUT2D eigenvalue weighted by atomic mass is 35.5. The monoisotopic (exact) mass is 264 g/mol. The molecular weight excluding hydrogens is 252 g/mol. The Morgan fingerprint density at radius 2 is 2.00 bits per heavy atom. The van der Waals surface area contributed by atoms with Crippen LogP contribution in [0.2, 0.25) is 5.02 Å². The number of carbonyl (C=O) groups is 1. The Balaban J connectivity index is 2.55. The van der Waals surface area contributed by atoms with Gasteiger partial charge < -0.3 is 9.84 Å². The molecule has 4 heteroatoms. The van der Waals surface area contributed by atoms with Gasteiger partial charge in [0.25, 0.3) is 0 Å². The van der Waals surface area contributed by atoms with E-state index < -0.39 is 11.9 Å². The maximum absolute atomic E-state index is 11.0. The lowest BCUT2D eigenvalue weighted by atomic mass is 9.98. The minimum Gasteiger partial charge on any atom is -0.495 e. The van der Waals surface area contributed by atoms with Gasteiger partial charge in [0.1, 0.15) is 5.75 Å². The van der Waals surface area contributed by atoms with Crippen molar-refractivity contribution in [2.75, 3.05) is 7.11 Å². The van der Waals surface area contributed by atoms with Crippen molar-refractivity contribution in [1.82, 2.24) is 0 Å². The third-order valence-electron chi connectivity index (χ3n) is 3.01. The molecule has 2 rings (SSSR count). The fourth-order valence-electron chi connectivity index (χ4n) is 1.84. The molecule has 0 aromatic heterocycles. The van der Waals surface area contributed by atoms with Crippen LogP contribution in [0.4, 0.5) is 0 Å². The average molecular weight is 265 g/mol. The number of rotatable bonds is 3. The topological polar surface area (TPSA) is 46.5 Å². The Bertz CT molecular complexity index is 607. The molecule has 0 spiro atoms. The smallest absolute Gasteiger partial charge is 0.310 e. The predicted molar refractivity (Wildman–Crippen MR) is 71.6 cm³/mol. The summed E-state index contributed by atoms with van der Waals surface area (Å²) >= 11 is 6.06. The van der Waals surface area contributed by atoms with Gasteiger partial charge in [0.2, 0.25) is 0 Å². The maximum Gasteiger partial charge on any atom is 0.310 e. The lowest BCUT2D eigenvalue weighted by Crippen LogP contribution is -2.07. The molecule has 0 unspecified atom stereocenters. The van der Waals surface area contributed by atoms with E-state index in [-0.39, 0.29) is 0 Å². The second-order valence-electron chi connectivity index (χ2n) is 4.15. The van der Waals surface area contributed by atoms with Gasteiger partial charge in [-0.25, -0.2) is 0 Å². The largest absolute Gasteiger partial charge is 0.495 e. The van der Waals surface area contributed by atoms with Gasteiger partial charge in [-0.15, -0.1) is 0 Å². The highest BCUT2D eigenvalue weighted by Gasteiger charge is 2.14. The van der Waals surface area contributed by atoms with Crippen molar-refractivity contribution in [2.24, 2.45) is 0 Å². The first-order valence-electron chi connectivity index (χ1n) is 5.53. The Labute approximate surface area is 110 Å². The van der Waals surface area contributed by atoms with E-state index in [0.29, 0.717) is 10.8 Å². The molecule has 0 radical (unpaired) electrons. The quantitative estimate of drug-likeness (QED) is 0.920. The highest BCUT2D eigenvalue weighted by molar-refractivity contribution is 6.32. The van der Waals surface area contributed by atoms with Crippen LogP contribution in [0, 0.1) is 0 Å². The number of carboxylic acids is 1. The number of carboxylic acid groups (broad SMARTS) is 1. The zero-order valence-electron chi connectivity index (χ0n) is 10.1. The fourth-order valence-corrected chi connectivity index (χ4v) is 2.09. The molecule has 2 aromatic rings. The first-order chi connectivity index (χ1) is 8.52. The third-order valence-corrected chi connectivity index (χ3v) is 3.30. The van der Waals surface area contributed by atoms with Crippen LogP contribution in [0.25, 0.3) is 10.8 Å². The first-order valence-corrected chi connectivity index (χ1v) is 5.90. The predicted octanol–water partition coefficient (Wildman–Crippen LogP) is 3.69. The van der Waals surface area contributed by atoms with Crippen molar-refractivity contribution in [1.29, 1.82) is 0 Å². The normalized spacial score (nSPS) is 12.4. The van der Waals surface area contributed by atoms with E-state index in [1.54, 1.807) is 20.1 Å². The van der Waals surface area contributed by atoms with Crippen LogP contribution in [-0.2, 0) is 4.79 Å². The number of aliphatic carboxylic acids is 1. The van der Waals surface area contributed by atoms with E-state index in [4.69, 9.17) is 21.4 Å². The lowest BCUT2D eigenvalue weighted by Gasteiger charge is -2.10. The minimum atomic E-state index is -0.839. The summed E-state index contributed by atoms with van der Waals surface area (Å²) < 4.78 is 5.14. The fraction of sp³-hybridized carbons (Fsp3) is 0.214.